The number of aromatic nitrogens is 2. The Morgan fingerprint density at radius 3 is 2.69 bits per heavy atom. The summed E-state index contributed by atoms with van der Waals surface area (Å²) in [7, 11) is 1.70. The molecule has 0 atom stereocenters. The highest BCUT2D eigenvalue weighted by Crippen LogP contribution is 2.25. The third-order valence-corrected chi connectivity index (χ3v) is 5.09. The monoisotopic (exact) mass is 401 g/mol. The summed E-state index contributed by atoms with van der Waals surface area (Å²) in [6.45, 7) is 4.30. The number of halogens is 1. The van der Waals surface area contributed by atoms with Crippen LogP contribution < -0.4 is 4.90 Å². The zero-order chi connectivity index (χ0) is 20.2. The molecule has 1 N–H and O–H groups in total. The second-order valence-electron chi connectivity index (χ2n) is 7.20. The van der Waals surface area contributed by atoms with E-state index in [4.69, 9.17) is 9.57 Å². The van der Waals surface area contributed by atoms with Gasteiger partial charge in [0.2, 0.25) is 5.95 Å². The van der Waals surface area contributed by atoms with Crippen molar-refractivity contribution in [2.75, 3.05) is 51.3 Å². The van der Waals surface area contributed by atoms with Crippen LogP contribution in [0.2, 0.25) is 0 Å². The second kappa shape index (κ2) is 8.81. The molecule has 2 fully saturated rings. The van der Waals surface area contributed by atoms with Crippen molar-refractivity contribution in [3.63, 3.8) is 0 Å². The first-order valence-electron chi connectivity index (χ1n) is 9.56. The van der Waals surface area contributed by atoms with Crippen molar-refractivity contribution in [3.8, 4) is 11.1 Å². The largest absolute Gasteiger partial charge is 0.392 e. The summed E-state index contributed by atoms with van der Waals surface area (Å²) in [6.07, 6.45) is 3.33. The lowest BCUT2D eigenvalue weighted by molar-refractivity contribution is -0.0589. The molecular formula is C20H24FN5O3. The minimum absolute atomic E-state index is 0.147. The number of oxime groups is 1. The molecule has 154 valence electrons. The van der Waals surface area contributed by atoms with Gasteiger partial charge in [-0.25, -0.2) is 14.4 Å². The summed E-state index contributed by atoms with van der Waals surface area (Å²) >= 11 is 0. The number of likely N-dealkylation sites (tertiary alicyclic amines) is 1. The summed E-state index contributed by atoms with van der Waals surface area (Å²) in [5, 5.41) is 13.4. The van der Waals surface area contributed by atoms with Gasteiger partial charge in [0.1, 0.15) is 5.82 Å². The van der Waals surface area contributed by atoms with E-state index >= 15 is 0 Å². The van der Waals surface area contributed by atoms with Crippen molar-refractivity contribution in [1.82, 2.24) is 14.9 Å². The summed E-state index contributed by atoms with van der Waals surface area (Å²) in [5.74, 6) is 0.124. The average molecular weight is 401 g/mol. The highest BCUT2D eigenvalue weighted by atomic mass is 19.1. The fourth-order valence-electron chi connectivity index (χ4n) is 3.28. The molecule has 0 saturated carbocycles. The van der Waals surface area contributed by atoms with Gasteiger partial charge in [-0.2, -0.15) is 0 Å². The predicted octanol–water partition coefficient (Wildman–Crippen LogP) is 1.30. The first-order valence-corrected chi connectivity index (χ1v) is 9.56. The van der Waals surface area contributed by atoms with E-state index in [0.717, 1.165) is 32.0 Å². The van der Waals surface area contributed by atoms with E-state index in [-0.39, 0.29) is 18.3 Å². The van der Waals surface area contributed by atoms with Crippen molar-refractivity contribution in [2.45, 2.75) is 12.7 Å². The smallest absolute Gasteiger partial charge is 0.225 e. The molecule has 8 nitrogen and oxygen atoms in total. The van der Waals surface area contributed by atoms with Crippen molar-refractivity contribution in [3.05, 3.63) is 42.0 Å². The van der Waals surface area contributed by atoms with E-state index in [9.17, 15) is 9.50 Å². The van der Waals surface area contributed by atoms with Crippen LogP contribution in [0.5, 0.6) is 0 Å². The molecule has 29 heavy (non-hydrogen) atoms. The van der Waals surface area contributed by atoms with E-state index in [0.29, 0.717) is 30.2 Å². The minimum atomic E-state index is -0.446. The third-order valence-electron chi connectivity index (χ3n) is 5.09. The number of anilines is 1. The molecule has 0 radical (unpaired) electrons. The molecular weight excluding hydrogens is 377 g/mol. The van der Waals surface area contributed by atoms with Gasteiger partial charge in [0, 0.05) is 55.8 Å². The molecule has 1 aromatic heterocycles. The Balaban J connectivity index is 1.27. The molecule has 0 unspecified atom stereocenters. The lowest BCUT2D eigenvalue weighted by Gasteiger charge is -2.38. The fourth-order valence-corrected chi connectivity index (χ4v) is 3.28. The zero-order valence-electron chi connectivity index (χ0n) is 16.3. The first-order chi connectivity index (χ1) is 14.2. The molecule has 4 rings (SSSR count). The van der Waals surface area contributed by atoms with Gasteiger partial charge >= 0.3 is 0 Å². The fraction of sp³-hybridized carbons (Fsp3) is 0.450. The SMILES string of the molecule is COCCN1CC(ON=C2CN(c3ncc(-c4cccc(CO)c4F)cn3)C2)C1. The number of hydrogen-bond donors (Lipinski definition) is 1. The first kappa shape index (κ1) is 19.7. The van der Waals surface area contributed by atoms with Crippen LogP contribution in [0.4, 0.5) is 10.3 Å². The van der Waals surface area contributed by atoms with E-state index in [1.807, 2.05) is 4.90 Å². The number of ether oxygens (including phenoxy) is 1. The Bertz CT molecular complexity index is 863. The zero-order valence-corrected chi connectivity index (χ0v) is 16.3. The molecule has 0 amide bonds. The maximum Gasteiger partial charge on any atom is 0.225 e. The standard InChI is InChI=1S/C20H24FN5O3/c1-28-6-5-25-11-17(12-25)29-24-16-9-26(10-16)20-22-7-15(8-23-20)18-4-2-3-14(13-27)19(18)21/h2-4,7-8,17,27H,5-6,9-13H2,1H3. The lowest BCUT2D eigenvalue weighted by atomic mass is 10.1. The third kappa shape index (κ3) is 4.36. The molecule has 2 aromatic rings. The number of aliphatic hydroxyl groups is 1. The van der Waals surface area contributed by atoms with Crippen LogP contribution in [-0.2, 0) is 16.2 Å². The van der Waals surface area contributed by atoms with Crippen molar-refractivity contribution < 1.29 is 19.1 Å². The van der Waals surface area contributed by atoms with Gasteiger partial charge in [-0.1, -0.05) is 23.4 Å². The summed E-state index contributed by atoms with van der Waals surface area (Å²) in [4.78, 5) is 18.5. The number of hydrogen-bond acceptors (Lipinski definition) is 8. The number of benzene rings is 1. The van der Waals surface area contributed by atoms with Gasteiger partial charge in [0.15, 0.2) is 6.10 Å². The Morgan fingerprint density at radius 1 is 1.24 bits per heavy atom. The summed E-state index contributed by atoms with van der Waals surface area (Å²) < 4.78 is 19.4. The van der Waals surface area contributed by atoms with Crippen LogP contribution in [0.25, 0.3) is 11.1 Å². The molecule has 0 spiro atoms. The molecule has 9 heteroatoms. The molecule has 2 aliphatic heterocycles. The average Bonchev–Trinajstić information content (AvgIpc) is 2.68. The van der Waals surface area contributed by atoms with Crippen LogP contribution in [0.3, 0.4) is 0 Å². The van der Waals surface area contributed by atoms with E-state index in [2.05, 4.69) is 20.0 Å². The van der Waals surface area contributed by atoms with Crippen LogP contribution >= 0.6 is 0 Å². The Kier molecular flexibility index (Phi) is 5.98. The van der Waals surface area contributed by atoms with Gasteiger partial charge in [-0.05, 0) is 0 Å². The van der Waals surface area contributed by atoms with Gasteiger partial charge in [0.05, 0.1) is 32.0 Å². The summed E-state index contributed by atoms with van der Waals surface area (Å²) in [6, 6.07) is 4.90. The molecule has 0 aliphatic carbocycles. The minimum Gasteiger partial charge on any atom is -0.392 e. The van der Waals surface area contributed by atoms with Crippen molar-refractivity contribution in [2.24, 2.45) is 5.16 Å². The van der Waals surface area contributed by atoms with Crippen molar-refractivity contribution >= 4 is 11.7 Å². The molecule has 3 heterocycles. The van der Waals surface area contributed by atoms with Gasteiger partial charge < -0.3 is 19.6 Å². The van der Waals surface area contributed by atoms with Crippen LogP contribution in [-0.4, -0.2) is 78.2 Å². The summed E-state index contributed by atoms with van der Waals surface area (Å²) in [5.41, 5.74) is 2.16. The molecule has 2 aliphatic rings. The Labute approximate surface area is 168 Å². The molecule has 1 aromatic carbocycles. The quantitative estimate of drug-likeness (QED) is 0.668. The Morgan fingerprint density at radius 2 is 2.00 bits per heavy atom. The maximum absolute atomic E-state index is 14.4. The lowest BCUT2D eigenvalue weighted by Crippen LogP contribution is -2.53. The number of aliphatic hydroxyl groups excluding tert-OH is 1. The normalized spacial score (nSPS) is 17.1. The highest BCUT2D eigenvalue weighted by Gasteiger charge is 2.30. The number of nitrogens with zero attached hydrogens (tertiary/aromatic N) is 5. The highest BCUT2D eigenvalue weighted by molar-refractivity contribution is 5.98. The molecule has 0 bridgehead atoms. The van der Waals surface area contributed by atoms with Gasteiger partial charge in [-0.15, -0.1) is 0 Å². The topological polar surface area (TPSA) is 83.3 Å². The second-order valence-corrected chi connectivity index (χ2v) is 7.20. The van der Waals surface area contributed by atoms with Crippen LogP contribution in [0.15, 0.2) is 35.7 Å². The van der Waals surface area contributed by atoms with E-state index in [1.54, 1.807) is 37.7 Å². The predicted molar refractivity (Wildman–Crippen MR) is 106 cm³/mol. The molecule has 2 saturated heterocycles. The number of methoxy groups -OCH3 is 1. The maximum atomic E-state index is 14.4. The number of rotatable bonds is 8. The van der Waals surface area contributed by atoms with Gasteiger partial charge in [0.25, 0.3) is 0 Å². The van der Waals surface area contributed by atoms with Crippen LogP contribution in [0.1, 0.15) is 5.56 Å². The van der Waals surface area contributed by atoms with E-state index in [1.165, 1.54) is 0 Å². The van der Waals surface area contributed by atoms with Gasteiger partial charge in [-0.3, -0.25) is 4.90 Å². The van der Waals surface area contributed by atoms with E-state index < -0.39 is 5.82 Å². The Hall–Kier alpha value is -2.62. The van der Waals surface area contributed by atoms with Crippen molar-refractivity contribution in [1.29, 1.82) is 0 Å². The van der Waals surface area contributed by atoms with Crippen LogP contribution in [0, 0.1) is 5.82 Å².